The van der Waals surface area contributed by atoms with Crippen molar-refractivity contribution in [2.45, 2.75) is 38.0 Å². The highest BCUT2D eigenvalue weighted by molar-refractivity contribution is 5.79. The minimum atomic E-state index is 0.266. The molecule has 6 heteroatoms. The SMILES string of the molecule is Cn1cccc1-c1noc(C2CCN(C(=O)C3CCC3)CC2)n1. The van der Waals surface area contributed by atoms with Crippen LogP contribution < -0.4 is 0 Å². The van der Waals surface area contributed by atoms with Crippen molar-refractivity contribution in [3.05, 3.63) is 24.2 Å². The van der Waals surface area contributed by atoms with Gasteiger partial charge in [0, 0.05) is 38.2 Å². The Hall–Kier alpha value is -2.11. The second-order valence-corrected chi connectivity index (χ2v) is 6.69. The van der Waals surface area contributed by atoms with Gasteiger partial charge in [-0.15, -0.1) is 0 Å². The summed E-state index contributed by atoms with van der Waals surface area (Å²) < 4.78 is 7.46. The maximum atomic E-state index is 12.3. The molecule has 2 fully saturated rings. The third-order valence-corrected chi connectivity index (χ3v) is 5.22. The van der Waals surface area contributed by atoms with Crippen LogP contribution in [0.25, 0.3) is 11.5 Å². The molecule has 1 amide bonds. The summed E-state index contributed by atoms with van der Waals surface area (Å²) in [5.41, 5.74) is 0.956. The van der Waals surface area contributed by atoms with Gasteiger partial charge in [0.1, 0.15) is 0 Å². The van der Waals surface area contributed by atoms with Crippen LogP contribution in [-0.2, 0) is 11.8 Å². The van der Waals surface area contributed by atoms with Crippen LogP contribution in [0.1, 0.15) is 43.9 Å². The lowest BCUT2D eigenvalue weighted by molar-refractivity contribution is -0.139. The van der Waals surface area contributed by atoms with E-state index >= 15 is 0 Å². The minimum absolute atomic E-state index is 0.266. The Morgan fingerprint density at radius 1 is 1.26 bits per heavy atom. The Labute approximate surface area is 135 Å². The van der Waals surface area contributed by atoms with Crippen LogP contribution in [0.2, 0.25) is 0 Å². The molecule has 1 aliphatic heterocycles. The Morgan fingerprint density at radius 3 is 2.65 bits per heavy atom. The molecule has 2 aliphatic rings. The highest BCUT2D eigenvalue weighted by atomic mass is 16.5. The molecule has 1 saturated carbocycles. The zero-order valence-electron chi connectivity index (χ0n) is 13.4. The van der Waals surface area contributed by atoms with Crippen LogP contribution in [0.5, 0.6) is 0 Å². The van der Waals surface area contributed by atoms with E-state index in [0.29, 0.717) is 23.5 Å². The summed E-state index contributed by atoms with van der Waals surface area (Å²) in [6.45, 7) is 1.61. The number of carbonyl (C=O) groups excluding carboxylic acids is 1. The molecular formula is C17H22N4O2. The van der Waals surface area contributed by atoms with Gasteiger partial charge in [0.2, 0.25) is 17.6 Å². The van der Waals surface area contributed by atoms with E-state index in [1.54, 1.807) is 0 Å². The zero-order valence-corrected chi connectivity index (χ0v) is 13.4. The van der Waals surface area contributed by atoms with E-state index in [2.05, 4.69) is 10.1 Å². The van der Waals surface area contributed by atoms with E-state index in [4.69, 9.17) is 4.52 Å². The van der Waals surface area contributed by atoms with Crippen LogP contribution in [0.15, 0.2) is 22.9 Å². The van der Waals surface area contributed by atoms with Crippen molar-refractivity contribution in [3.63, 3.8) is 0 Å². The summed E-state index contributed by atoms with van der Waals surface area (Å²) in [5.74, 6) is 2.25. The first-order valence-electron chi connectivity index (χ1n) is 8.46. The fourth-order valence-electron chi connectivity index (χ4n) is 3.46. The molecule has 0 N–H and O–H groups in total. The predicted molar refractivity (Wildman–Crippen MR) is 84.6 cm³/mol. The molecule has 0 radical (unpaired) electrons. The van der Waals surface area contributed by atoms with Gasteiger partial charge in [-0.1, -0.05) is 11.6 Å². The van der Waals surface area contributed by atoms with Crippen LogP contribution in [0.4, 0.5) is 0 Å². The van der Waals surface area contributed by atoms with Crippen molar-refractivity contribution in [3.8, 4) is 11.5 Å². The predicted octanol–water partition coefficient (Wildman–Crippen LogP) is 2.58. The average molecular weight is 314 g/mol. The number of nitrogens with zero attached hydrogens (tertiary/aromatic N) is 4. The molecule has 0 atom stereocenters. The number of rotatable bonds is 3. The first-order valence-corrected chi connectivity index (χ1v) is 8.46. The number of likely N-dealkylation sites (tertiary alicyclic amines) is 1. The second-order valence-electron chi connectivity index (χ2n) is 6.69. The molecule has 2 aromatic heterocycles. The van der Waals surface area contributed by atoms with Gasteiger partial charge in [-0.3, -0.25) is 4.79 Å². The van der Waals surface area contributed by atoms with Crippen molar-refractivity contribution in [1.82, 2.24) is 19.6 Å². The van der Waals surface area contributed by atoms with E-state index in [0.717, 1.165) is 44.5 Å². The molecule has 0 unspecified atom stereocenters. The first kappa shape index (κ1) is 14.5. The molecule has 6 nitrogen and oxygen atoms in total. The fraction of sp³-hybridized carbons (Fsp3) is 0.588. The van der Waals surface area contributed by atoms with Crippen molar-refractivity contribution in [2.75, 3.05) is 13.1 Å². The molecule has 3 heterocycles. The van der Waals surface area contributed by atoms with E-state index in [9.17, 15) is 4.79 Å². The molecule has 0 bridgehead atoms. The number of carbonyl (C=O) groups is 1. The highest BCUT2D eigenvalue weighted by Crippen LogP contribution is 2.32. The number of aromatic nitrogens is 3. The number of hydrogen-bond acceptors (Lipinski definition) is 4. The van der Waals surface area contributed by atoms with Crippen LogP contribution in [-0.4, -0.2) is 38.6 Å². The van der Waals surface area contributed by atoms with Gasteiger partial charge in [0.05, 0.1) is 5.69 Å². The monoisotopic (exact) mass is 314 g/mol. The van der Waals surface area contributed by atoms with Crippen molar-refractivity contribution < 1.29 is 9.32 Å². The molecule has 122 valence electrons. The normalized spacial score (nSPS) is 19.8. The molecule has 4 rings (SSSR count). The average Bonchev–Trinajstić information content (AvgIpc) is 3.14. The third-order valence-electron chi connectivity index (χ3n) is 5.22. The van der Waals surface area contributed by atoms with Gasteiger partial charge >= 0.3 is 0 Å². The van der Waals surface area contributed by atoms with Gasteiger partial charge < -0.3 is 14.0 Å². The number of piperidine rings is 1. The molecule has 1 saturated heterocycles. The van der Waals surface area contributed by atoms with Crippen molar-refractivity contribution >= 4 is 5.91 Å². The quantitative estimate of drug-likeness (QED) is 0.873. The van der Waals surface area contributed by atoms with E-state index in [-0.39, 0.29) is 5.92 Å². The lowest BCUT2D eigenvalue weighted by Crippen LogP contribution is -2.43. The van der Waals surface area contributed by atoms with Crippen LogP contribution in [0, 0.1) is 5.92 Å². The molecule has 0 aromatic carbocycles. The van der Waals surface area contributed by atoms with Crippen LogP contribution in [0.3, 0.4) is 0 Å². The summed E-state index contributed by atoms with van der Waals surface area (Å²) in [6, 6.07) is 3.95. The maximum absolute atomic E-state index is 12.3. The number of hydrogen-bond donors (Lipinski definition) is 0. The Morgan fingerprint density at radius 2 is 2.04 bits per heavy atom. The first-order chi connectivity index (χ1) is 11.2. The smallest absolute Gasteiger partial charge is 0.230 e. The van der Waals surface area contributed by atoms with Gasteiger partial charge in [-0.2, -0.15) is 4.98 Å². The largest absolute Gasteiger partial charge is 0.348 e. The Balaban J connectivity index is 1.40. The standard InChI is InChI=1S/C17H22N4O2/c1-20-9-3-6-14(20)15-18-16(23-19-15)12-7-10-21(11-8-12)17(22)13-4-2-5-13/h3,6,9,12-13H,2,4-5,7-8,10-11H2,1H3. The zero-order chi connectivity index (χ0) is 15.8. The summed E-state index contributed by atoms with van der Waals surface area (Å²) in [6.07, 6.45) is 7.14. The molecule has 0 spiro atoms. The van der Waals surface area contributed by atoms with Gasteiger partial charge in [0.25, 0.3) is 0 Å². The summed E-state index contributed by atoms with van der Waals surface area (Å²) in [7, 11) is 1.97. The van der Waals surface area contributed by atoms with E-state index < -0.39 is 0 Å². The molecule has 1 aliphatic carbocycles. The van der Waals surface area contributed by atoms with E-state index in [1.807, 2.05) is 34.8 Å². The summed E-state index contributed by atoms with van der Waals surface area (Å²) in [5, 5.41) is 4.11. The lowest BCUT2D eigenvalue weighted by Gasteiger charge is -2.35. The number of amides is 1. The summed E-state index contributed by atoms with van der Waals surface area (Å²) in [4.78, 5) is 18.9. The van der Waals surface area contributed by atoms with Gasteiger partial charge in [0.15, 0.2) is 0 Å². The molecule has 2 aromatic rings. The molecule has 23 heavy (non-hydrogen) atoms. The van der Waals surface area contributed by atoms with Crippen LogP contribution >= 0.6 is 0 Å². The highest BCUT2D eigenvalue weighted by Gasteiger charge is 2.33. The van der Waals surface area contributed by atoms with Crippen molar-refractivity contribution in [1.29, 1.82) is 0 Å². The Bertz CT molecular complexity index is 693. The summed E-state index contributed by atoms with van der Waals surface area (Å²) >= 11 is 0. The van der Waals surface area contributed by atoms with Crippen molar-refractivity contribution in [2.24, 2.45) is 13.0 Å². The van der Waals surface area contributed by atoms with Gasteiger partial charge in [-0.25, -0.2) is 0 Å². The number of aryl methyl sites for hydroxylation is 1. The maximum Gasteiger partial charge on any atom is 0.230 e. The lowest BCUT2D eigenvalue weighted by atomic mass is 9.83. The van der Waals surface area contributed by atoms with Gasteiger partial charge in [-0.05, 0) is 37.8 Å². The third kappa shape index (κ3) is 2.66. The Kier molecular flexibility index (Phi) is 3.67. The minimum Gasteiger partial charge on any atom is -0.348 e. The van der Waals surface area contributed by atoms with E-state index in [1.165, 1.54) is 6.42 Å². The molecular weight excluding hydrogens is 292 g/mol. The second kappa shape index (κ2) is 5.83. The topological polar surface area (TPSA) is 64.2 Å². The fourth-order valence-corrected chi connectivity index (χ4v) is 3.46.